The smallest absolute Gasteiger partial charge is 0.262 e. The van der Waals surface area contributed by atoms with Crippen LogP contribution in [0.1, 0.15) is 0 Å². The molecule has 0 spiro atoms. The molecular weight excluding hydrogens is 246 g/mol. The van der Waals surface area contributed by atoms with Gasteiger partial charge in [0.2, 0.25) is 5.82 Å². The molecule has 0 aliphatic carbocycles. The molecule has 3 aromatic rings. The first-order valence-corrected chi connectivity index (χ1v) is 5.51. The predicted octanol–water partition coefficient (Wildman–Crippen LogP) is 2.21. The Hall–Kier alpha value is -2.89. The van der Waals surface area contributed by atoms with E-state index in [0.717, 1.165) is 0 Å². The van der Waals surface area contributed by atoms with Gasteiger partial charge in [0.05, 0.1) is 5.56 Å². The molecule has 0 unspecified atom stereocenters. The van der Waals surface area contributed by atoms with Crippen molar-refractivity contribution in [3.05, 3.63) is 42.7 Å². The molecule has 6 heteroatoms. The van der Waals surface area contributed by atoms with Crippen molar-refractivity contribution in [2.24, 2.45) is 0 Å². The lowest BCUT2D eigenvalue weighted by molar-refractivity contribution is 0.397. The van der Waals surface area contributed by atoms with Crippen LogP contribution in [-0.4, -0.2) is 25.3 Å². The molecule has 0 fully saturated rings. The van der Waals surface area contributed by atoms with Crippen LogP contribution in [0.2, 0.25) is 0 Å². The Morgan fingerprint density at radius 2 is 1.95 bits per heavy atom. The van der Waals surface area contributed by atoms with Crippen LogP contribution in [0.3, 0.4) is 0 Å². The van der Waals surface area contributed by atoms with Crippen molar-refractivity contribution in [1.29, 1.82) is 0 Å². The van der Waals surface area contributed by atoms with E-state index in [0.29, 0.717) is 11.4 Å². The molecule has 0 aliphatic heterocycles. The minimum Gasteiger partial charge on any atom is -0.504 e. The highest BCUT2D eigenvalue weighted by molar-refractivity contribution is 5.68. The fraction of sp³-hybridized carbons (Fsp3) is 0. The van der Waals surface area contributed by atoms with Gasteiger partial charge in [0.1, 0.15) is 0 Å². The van der Waals surface area contributed by atoms with Crippen LogP contribution in [0.15, 0.2) is 47.2 Å². The number of rotatable bonds is 2. The monoisotopic (exact) mass is 255 g/mol. The average Bonchev–Trinajstić information content (AvgIpc) is 2.92. The molecule has 0 saturated heterocycles. The summed E-state index contributed by atoms with van der Waals surface area (Å²) in [5.41, 5.74) is 0.986. The van der Waals surface area contributed by atoms with Crippen molar-refractivity contribution in [3.63, 3.8) is 0 Å². The molecule has 0 saturated carbocycles. The van der Waals surface area contributed by atoms with Crippen LogP contribution < -0.4 is 0 Å². The number of phenols is 2. The highest BCUT2D eigenvalue weighted by atomic mass is 16.5. The van der Waals surface area contributed by atoms with E-state index in [1.54, 1.807) is 36.7 Å². The predicted molar refractivity (Wildman–Crippen MR) is 66.3 cm³/mol. The maximum Gasteiger partial charge on any atom is 0.262 e. The van der Waals surface area contributed by atoms with Crippen LogP contribution >= 0.6 is 0 Å². The number of aromatic nitrogens is 3. The van der Waals surface area contributed by atoms with E-state index in [-0.39, 0.29) is 23.0 Å². The van der Waals surface area contributed by atoms with Crippen molar-refractivity contribution in [1.82, 2.24) is 15.1 Å². The Morgan fingerprint density at radius 3 is 2.74 bits per heavy atom. The second-order valence-electron chi connectivity index (χ2n) is 3.84. The summed E-state index contributed by atoms with van der Waals surface area (Å²) in [4.78, 5) is 8.13. The lowest BCUT2D eigenvalue weighted by Gasteiger charge is -2.00. The van der Waals surface area contributed by atoms with Gasteiger partial charge in [0.25, 0.3) is 5.89 Å². The third kappa shape index (κ3) is 1.99. The van der Waals surface area contributed by atoms with Gasteiger partial charge in [-0.25, -0.2) is 0 Å². The van der Waals surface area contributed by atoms with Crippen LogP contribution in [0.5, 0.6) is 11.5 Å². The number of hydrogen-bond acceptors (Lipinski definition) is 6. The molecule has 6 nitrogen and oxygen atoms in total. The van der Waals surface area contributed by atoms with E-state index in [1.165, 1.54) is 6.07 Å². The standard InChI is InChI=1S/C13H9N3O3/c17-10-5-1-4-9(11(10)18)13-15-12(16-19-13)8-3-2-6-14-7-8/h1-7,17-18H. The van der Waals surface area contributed by atoms with Gasteiger partial charge in [-0.05, 0) is 24.3 Å². The Balaban J connectivity index is 2.05. The third-order valence-electron chi connectivity index (χ3n) is 2.59. The summed E-state index contributed by atoms with van der Waals surface area (Å²) in [5.74, 6) is -0.0272. The Morgan fingerprint density at radius 1 is 1.05 bits per heavy atom. The molecule has 1 aromatic carbocycles. The minimum absolute atomic E-state index is 0.132. The van der Waals surface area contributed by atoms with Crippen molar-refractivity contribution in [2.45, 2.75) is 0 Å². The lowest BCUT2D eigenvalue weighted by atomic mass is 10.2. The van der Waals surface area contributed by atoms with Gasteiger partial charge in [-0.2, -0.15) is 4.98 Å². The number of nitrogens with zero attached hydrogens (tertiary/aromatic N) is 3. The number of pyridine rings is 1. The summed E-state index contributed by atoms with van der Waals surface area (Å²) in [6, 6.07) is 8.09. The Labute approximate surface area is 108 Å². The van der Waals surface area contributed by atoms with Crippen molar-refractivity contribution in [2.75, 3.05) is 0 Å². The van der Waals surface area contributed by atoms with Crippen LogP contribution in [0, 0.1) is 0 Å². The fourth-order valence-electron chi connectivity index (χ4n) is 1.65. The van der Waals surface area contributed by atoms with Crippen molar-refractivity contribution < 1.29 is 14.7 Å². The SMILES string of the molecule is Oc1cccc(-c2nc(-c3cccnc3)no2)c1O. The Bertz CT molecular complexity index is 710. The molecule has 0 amide bonds. The summed E-state index contributed by atoms with van der Waals surface area (Å²) in [6.45, 7) is 0. The van der Waals surface area contributed by atoms with Gasteiger partial charge in [0, 0.05) is 18.0 Å². The number of hydrogen-bond donors (Lipinski definition) is 2. The first-order chi connectivity index (χ1) is 9.25. The third-order valence-corrected chi connectivity index (χ3v) is 2.59. The Kier molecular flexibility index (Phi) is 2.60. The zero-order valence-electron chi connectivity index (χ0n) is 9.69. The second-order valence-corrected chi connectivity index (χ2v) is 3.84. The molecule has 0 aliphatic rings. The average molecular weight is 255 g/mol. The van der Waals surface area contributed by atoms with Gasteiger partial charge >= 0.3 is 0 Å². The van der Waals surface area contributed by atoms with E-state index in [4.69, 9.17) is 4.52 Å². The van der Waals surface area contributed by atoms with Crippen LogP contribution in [0.4, 0.5) is 0 Å². The zero-order chi connectivity index (χ0) is 13.2. The summed E-state index contributed by atoms with van der Waals surface area (Å²) in [7, 11) is 0. The van der Waals surface area contributed by atoms with Crippen LogP contribution in [0.25, 0.3) is 22.8 Å². The first kappa shape index (κ1) is 11.2. The van der Waals surface area contributed by atoms with E-state index in [9.17, 15) is 10.2 Å². The van der Waals surface area contributed by atoms with Gasteiger partial charge < -0.3 is 14.7 Å². The molecule has 0 atom stereocenters. The number of phenolic OH excluding ortho intramolecular Hbond substituents is 2. The van der Waals surface area contributed by atoms with E-state index in [2.05, 4.69) is 15.1 Å². The molecule has 19 heavy (non-hydrogen) atoms. The van der Waals surface area contributed by atoms with E-state index >= 15 is 0 Å². The molecule has 0 bridgehead atoms. The molecule has 2 aromatic heterocycles. The largest absolute Gasteiger partial charge is 0.504 e. The summed E-state index contributed by atoms with van der Waals surface area (Å²) in [5, 5.41) is 23.0. The van der Waals surface area contributed by atoms with Crippen LogP contribution in [-0.2, 0) is 0 Å². The minimum atomic E-state index is -0.288. The quantitative estimate of drug-likeness (QED) is 0.682. The number of aromatic hydroxyl groups is 2. The van der Waals surface area contributed by atoms with Gasteiger partial charge in [-0.3, -0.25) is 4.98 Å². The molecular formula is C13H9N3O3. The van der Waals surface area contributed by atoms with Gasteiger partial charge in [0.15, 0.2) is 11.5 Å². The fourth-order valence-corrected chi connectivity index (χ4v) is 1.65. The normalized spacial score (nSPS) is 10.5. The molecule has 94 valence electrons. The summed E-state index contributed by atoms with van der Waals surface area (Å²) < 4.78 is 5.08. The van der Waals surface area contributed by atoms with E-state index < -0.39 is 0 Å². The number of para-hydroxylation sites is 1. The topological polar surface area (TPSA) is 92.3 Å². The van der Waals surface area contributed by atoms with Gasteiger partial charge in [-0.15, -0.1) is 0 Å². The summed E-state index contributed by atoms with van der Waals surface area (Å²) in [6.07, 6.45) is 3.25. The summed E-state index contributed by atoms with van der Waals surface area (Å²) >= 11 is 0. The van der Waals surface area contributed by atoms with Gasteiger partial charge in [-0.1, -0.05) is 11.2 Å². The molecule has 3 rings (SSSR count). The van der Waals surface area contributed by atoms with Crippen molar-refractivity contribution >= 4 is 0 Å². The lowest BCUT2D eigenvalue weighted by Crippen LogP contribution is -1.82. The second kappa shape index (κ2) is 4.41. The molecule has 2 heterocycles. The highest BCUT2D eigenvalue weighted by Gasteiger charge is 2.15. The maximum atomic E-state index is 9.74. The molecule has 2 N–H and O–H groups in total. The van der Waals surface area contributed by atoms with E-state index in [1.807, 2.05) is 0 Å². The zero-order valence-corrected chi connectivity index (χ0v) is 9.69. The molecule has 0 radical (unpaired) electrons. The number of benzene rings is 1. The first-order valence-electron chi connectivity index (χ1n) is 5.51. The highest BCUT2D eigenvalue weighted by Crippen LogP contribution is 2.35. The maximum absolute atomic E-state index is 9.74. The van der Waals surface area contributed by atoms with Crippen molar-refractivity contribution in [3.8, 4) is 34.3 Å².